The maximum Gasteiger partial charge on any atom is 0.247 e. The van der Waals surface area contributed by atoms with E-state index in [1.165, 1.54) is 11.8 Å². The van der Waals surface area contributed by atoms with Crippen molar-refractivity contribution in [3.8, 4) is 22.9 Å². The number of methoxy groups -OCH3 is 1. The van der Waals surface area contributed by atoms with Crippen LogP contribution in [0.15, 0.2) is 60.3 Å². The fourth-order valence-electron chi connectivity index (χ4n) is 3.40. The number of anilines is 1. The van der Waals surface area contributed by atoms with Gasteiger partial charge in [0.1, 0.15) is 5.75 Å². The molecular weight excluding hydrogens is 448 g/mol. The third kappa shape index (κ3) is 4.16. The van der Waals surface area contributed by atoms with Crippen molar-refractivity contribution >= 4 is 35.0 Å². The van der Waals surface area contributed by atoms with Crippen LogP contribution in [-0.4, -0.2) is 34.0 Å². The highest BCUT2D eigenvalue weighted by molar-refractivity contribution is 7.99. The van der Waals surface area contributed by atoms with Gasteiger partial charge in [-0.2, -0.15) is 4.98 Å². The molecule has 4 rings (SSSR count). The number of ether oxygens (including phenoxy) is 2. The molecule has 0 N–H and O–H groups in total. The van der Waals surface area contributed by atoms with Crippen molar-refractivity contribution in [2.24, 2.45) is 0 Å². The molecule has 0 fully saturated rings. The van der Waals surface area contributed by atoms with E-state index in [-0.39, 0.29) is 12.3 Å². The van der Waals surface area contributed by atoms with Crippen LogP contribution in [-0.2, 0) is 4.79 Å². The van der Waals surface area contributed by atoms with Gasteiger partial charge in [-0.05, 0) is 24.3 Å². The molecule has 3 aromatic rings. The summed E-state index contributed by atoms with van der Waals surface area (Å²) >= 11 is 7.80. The Morgan fingerprint density at radius 2 is 2.12 bits per heavy atom. The van der Waals surface area contributed by atoms with Gasteiger partial charge in [0.25, 0.3) is 0 Å². The van der Waals surface area contributed by atoms with E-state index in [2.05, 4.69) is 21.8 Å². The number of nitrogens with zero attached hydrogens (tertiary/aromatic N) is 4. The molecule has 164 valence electrons. The highest BCUT2D eigenvalue weighted by atomic mass is 35.5. The number of halogens is 1. The van der Waals surface area contributed by atoms with E-state index < -0.39 is 6.23 Å². The lowest BCUT2D eigenvalue weighted by Gasteiger charge is -2.30. The van der Waals surface area contributed by atoms with Crippen LogP contribution in [0.3, 0.4) is 0 Å². The summed E-state index contributed by atoms with van der Waals surface area (Å²) in [5.74, 6) is 1.35. The fraction of sp³-hybridized carbons (Fsp3) is 0.217. The number of aromatic nitrogens is 3. The molecule has 2 heterocycles. The van der Waals surface area contributed by atoms with Crippen LogP contribution in [0.25, 0.3) is 11.3 Å². The molecule has 0 aliphatic carbocycles. The standard InChI is InChI=1S/C23H21ClN4O3S/c1-4-12-32-23-25-21-20(26-27-23)15-8-6-7-9-17(15)28(19(29)5-2)22(31-21)14-10-11-18(30-3)16(24)13-14/h4,6-11,13,22H,1,5,12H2,2-3H3/t22-/m1/s1. The molecule has 1 amide bonds. The lowest BCUT2D eigenvalue weighted by Crippen LogP contribution is -2.37. The Labute approximate surface area is 195 Å². The van der Waals surface area contributed by atoms with Gasteiger partial charge in [-0.3, -0.25) is 9.69 Å². The van der Waals surface area contributed by atoms with Crippen molar-refractivity contribution in [2.45, 2.75) is 24.7 Å². The zero-order chi connectivity index (χ0) is 22.7. The highest BCUT2D eigenvalue weighted by Gasteiger charge is 2.35. The minimum absolute atomic E-state index is 0.114. The first-order valence-electron chi connectivity index (χ1n) is 9.97. The summed E-state index contributed by atoms with van der Waals surface area (Å²) in [5, 5.41) is 9.49. The monoisotopic (exact) mass is 468 g/mol. The van der Waals surface area contributed by atoms with Gasteiger partial charge in [0.15, 0.2) is 5.69 Å². The number of carbonyl (C=O) groups is 1. The van der Waals surface area contributed by atoms with E-state index in [1.807, 2.05) is 37.3 Å². The van der Waals surface area contributed by atoms with Gasteiger partial charge < -0.3 is 9.47 Å². The molecule has 0 saturated heterocycles. The molecule has 0 saturated carbocycles. The molecule has 7 nitrogen and oxygen atoms in total. The second-order valence-electron chi connectivity index (χ2n) is 6.85. The van der Waals surface area contributed by atoms with E-state index in [0.717, 1.165) is 0 Å². The Morgan fingerprint density at radius 3 is 2.84 bits per heavy atom. The Bertz CT molecular complexity index is 1170. The maximum absolute atomic E-state index is 13.2. The van der Waals surface area contributed by atoms with Crippen LogP contribution < -0.4 is 14.4 Å². The van der Waals surface area contributed by atoms with Gasteiger partial charge in [-0.25, -0.2) is 0 Å². The number of fused-ring (bicyclic) bond motifs is 3. The first kappa shape index (κ1) is 22.1. The second kappa shape index (κ2) is 9.58. The van der Waals surface area contributed by atoms with Gasteiger partial charge >= 0.3 is 0 Å². The number of rotatable bonds is 6. The molecule has 1 aromatic heterocycles. The predicted octanol–water partition coefficient (Wildman–Crippen LogP) is 5.31. The van der Waals surface area contributed by atoms with E-state index >= 15 is 0 Å². The van der Waals surface area contributed by atoms with Crippen LogP contribution in [0.5, 0.6) is 11.6 Å². The summed E-state index contributed by atoms with van der Waals surface area (Å²) in [7, 11) is 1.55. The summed E-state index contributed by atoms with van der Waals surface area (Å²) in [5.41, 5.74) is 2.53. The SMILES string of the molecule is C=CCSc1nnc2c(n1)O[C@H](c1ccc(OC)c(Cl)c1)N(C(=O)CC)c1ccccc1-2. The second-order valence-corrected chi connectivity index (χ2v) is 8.24. The van der Waals surface area contributed by atoms with Gasteiger partial charge in [0, 0.05) is 23.3 Å². The summed E-state index contributed by atoms with van der Waals surface area (Å²) < 4.78 is 11.6. The van der Waals surface area contributed by atoms with Crippen LogP contribution >= 0.6 is 23.4 Å². The Balaban J connectivity index is 1.91. The van der Waals surface area contributed by atoms with Crippen LogP contribution in [0.1, 0.15) is 25.1 Å². The molecule has 9 heteroatoms. The minimum Gasteiger partial charge on any atom is -0.495 e. The zero-order valence-electron chi connectivity index (χ0n) is 17.6. The molecule has 0 bridgehead atoms. The quantitative estimate of drug-likeness (QED) is 0.358. The molecule has 0 radical (unpaired) electrons. The number of amides is 1. The zero-order valence-corrected chi connectivity index (χ0v) is 19.2. The molecule has 2 aromatic carbocycles. The van der Waals surface area contributed by atoms with Crippen molar-refractivity contribution < 1.29 is 14.3 Å². The van der Waals surface area contributed by atoms with Crippen molar-refractivity contribution in [1.29, 1.82) is 0 Å². The molecule has 1 atom stereocenters. The first-order valence-corrected chi connectivity index (χ1v) is 11.3. The summed E-state index contributed by atoms with van der Waals surface area (Å²) in [4.78, 5) is 19.4. The highest BCUT2D eigenvalue weighted by Crippen LogP contribution is 2.44. The topological polar surface area (TPSA) is 77.4 Å². The number of hydrogen-bond donors (Lipinski definition) is 0. The number of benzene rings is 2. The van der Waals surface area contributed by atoms with E-state index in [9.17, 15) is 4.79 Å². The van der Waals surface area contributed by atoms with Gasteiger partial charge in [0.2, 0.25) is 23.2 Å². The summed E-state index contributed by atoms with van der Waals surface area (Å²) in [6, 6.07) is 12.8. The number of para-hydroxylation sites is 1. The number of thioether (sulfide) groups is 1. The summed E-state index contributed by atoms with van der Waals surface area (Å²) in [6.07, 6.45) is 1.25. The molecule has 0 spiro atoms. The normalized spacial score (nSPS) is 14.6. The Kier molecular flexibility index (Phi) is 6.62. The first-order chi connectivity index (χ1) is 15.6. The van der Waals surface area contributed by atoms with E-state index in [4.69, 9.17) is 21.1 Å². The molecule has 1 aliphatic rings. The van der Waals surface area contributed by atoms with Crippen LogP contribution in [0, 0.1) is 0 Å². The van der Waals surface area contributed by atoms with Gasteiger partial charge in [-0.15, -0.1) is 16.8 Å². The van der Waals surface area contributed by atoms with Crippen LogP contribution in [0.4, 0.5) is 5.69 Å². The fourth-order valence-corrected chi connectivity index (χ4v) is 4.18. The van der Waals surface area contributed by atoms with Crippen molar-refractivity contribution in [2.75, 3.05) is 17.8 Å². The van der Waals surface area contributed by atoms with Crippen molar-refractivity contribution in [3.05, 3.63) is 65.7 Å². The average molecular weight is 469 g/mol. The Morgan fingerprint density at radius 1 is 1.31 bits per heavy atom. The van der Waals surface area contributed by atoms with E-state index in [1.54, 1.807) is 30.2 Å². The predicted molar refractivity (Wildman–Crippen MR) is 125 cm³/mol. The van der Waals surface area contributed by atoms with Gasteiger partial charge in [0.05, 0.1) is 17.8 Å². The minimum atomic E-state index is -0.804. The molecule has 0 unspecified atom stereocenters. The number of carbonyl (C=O) groups excluding carboxylic acids is 1. The maximum atomic E-state index is 13.2. The smallest absolute Gasteiger partial charge is 0.247 e. The Hall–Kier alpha value is -3.10. The van der Waals surface area contributed by atoms with Crippen molar-refractivity contribution in [3.63, 3.8) is 0 Å². The third-order valence-corrected chi connectivity index (χ3v) is 6.00. The lowest BCUT2D eigenvalue weighted by atomic mass is 10.1. The molecule has 1 aliphatic heterocycles. The number of hydrogen-bond acceptors (Lipinski definition) is 7. The van der Waals surface area contributed by atoms with Crippen LogP contribution in [0.2, 0.25) is 5.02 Å². The lowest BCUT2D eigenvalue weighted by molar-refractivity contribution is -0.120. The molecular formula is C23H21ClN4O3S. The largest absolute Gasteiger partial charge is 0.495 e. The van der Waals surface area contributed by atoms with E-state index in [0.29, 0.717) is 50.1 Å². The third-order valence-electron chi connectivity index (χ3n) is 4.87. The van der Waals surface area contributed by atoms with Crippen molar-refractivity contribution in [1.82, 2.24) is 15.2 Å². The summed E-state index contributed by atoms with van der Waals surface area (Å²) in [6.45, 7) is 5.53. The molecule has 32 heavy (non-hydrogen) atoms. The van der Waals surface area contributed by atoms with Gasteiger partial charge in [-0.1, -0.05) is 54.6 Å². The average Bonchev–Trinajstić information content (AvgIpc) is 2.96.